The summed E-state index contributed by atoms with van der Waals surface area (Å²) in [5.74, 6) is 0.864. The van der Waals surface area contributed by atoms with Crippen LogP contribution >= 0.6 is 0 Å². The summed E-state index contributed by atoms with van der Waals surface area (Å²) in [6, 6.07) is 19.3. The van der Waals surface area contributed by atoms with Crippen molar-refractivity contribution in [2.24, 2.45) is 0 Å². The highest BCUT2D eigenvalue weighted by molar-refractivity contribution is 5.97. The largest absolute Gasteiger partial charge is 0.496 e. The molecule has 1 N–H and O–H groups in total. The van der Waals surface area contributed by atoms with Crippen molar-refractivity contribution in [2.75, 3.05) is 60.5 Å². The number of hydrogen-bond acceptors (Lipinski definition) is 5. The van der Waals surface area contributed by atoms with Crippen LogP contribution in [0.1, 0.15) is 5.56 Å². The normalized spacial score (nSPS) is 15.2. The molecule has 0 radical (unpaired) electrons. The van der Waals surface area contributed by atoms with Crippen molar-refractivity contribution in [3.8, 4) is 28.0 Å². The van der Waals surface area contributed by atoms with Gasteiger partial charge in [-0.2, -0.15) is 0 Å². The van der Waals surface area contributed by atoms with E-state index in [9.17, 15) is 0 Å². The molecule has 1 aliphatic heterocycles. The molecular weight excluding hydrogens is 434 g/mol. The summed E-state index contributed by atoms with van der Waals surface area (Å²) in [4.78, 5) is 15.5. The van der Waals surface area contributed by atoms with E-state index < -0.39 is 0 Å². The smallest absolute Gasteiger partial charge is 0.137 e. The van der Waals surface area contributed by atoms with Crippen LogP contribution in [0.25, 0.3) is 33.3 Å². The quantitative estimate of drug-likeness (QED) is 0.409. The SMILES string of the molecule is COc1ccccc1-c1c[nH]c2ncc(-c3cccc(CN4CCN(CCN(C)C)CC4)c3)cc12. The Labute approximate surface area is 208 Å². The number of ether oxygens (including phenoxy) is 1. The molecule has 0 spiro atoms. The Balaban J connectivity index is 1.33. The number of rotatable bonds is 8. The minimum absolute atomic E-state index is 0.864. The highest BCUT2D eigenvalue weighted by atomic mass is 16.5. The Bertz CT molecular complexity index is 1270. The molecule has 2 aromatic heterocycles. The lowest BCUT2D eigenvalue weighted by molar-refractivity contribution is 0.120. The van der Waals surface area contributed by atoms with Gasteiger partial charge < -0.3 is 14.6 Å². The third-order valence-electron chi connectivity index (χ3n) is 6.92. The van der Waals surface area contributed by atoms with E-state index in [1.54, 1.807) is 7.11 Å². The second-order valence-electron chi connectivity index (χ2n) is 9.64. The molecule has 0 atom stereocenters. The van der Waals surface area contributed by atoms with Gasteiger partial charge in [-0.05, 0) is 43.4 Å². The van der Waals surface area contributed by atoms with E-state index in [-0.39, 0.29) is 0 Å². The molecule has 0 amide bonds. The van der Waals surface area contributed by atoms with E-state index in [1.807, 2.05) is 30.6 Å². The van der Waals surface area contributed by atoms with Crippen LogP contribution in [0.5, 0.6) is 5.75 Å². The van der Waals surface area contributed by atoms with Gasteiger partial charge in [-0.25, -0.2) is 4.98 Å². The Morgan fingerprint density at radius 3 is 2.51 bits per heavy atom. The molecule has 6 heteroatoms. The molecule has 1 saturated heterocycles. The topological polar surface area (TPSA) is 47.6 Å². The maximum absolute atomic E-state index is 5.61. The number of nitrogens with one attached hydrogen (secondary N) is 1. The minimum Gasteiger partial charge on any atom is -0.496 e. The summed E-state index contributed by atoms with van der Waals surface area (Å²) >= 11 is 0. The van der Waals surface area contributed by atoms with Gasteiger partial charge in [0.25, 0.3) is 0 Å². The molecule has 0 unspecified atom stereocenters. The zero-order valence-corrected chi connectivity index (χ0v) is 21.0. The lowest BCUT2D eigenvalue weighted by Crippen LogP contribution is -2.47. The first-order valence-corrected chi connectivity index (χ1v) is 12.4. The monoisotopic (exact) mass is 469 g/mol. The van der Waals surface area contributed by atoms with E-state index in [4.69, 9.17) is 9.72 Å². The van der Waals surface area contributed by atoms with Crippen molar-refractivity contribution in [3.63, 3.8) is 0 Å². The molecule has 35 heavy (non-hydrogen) atoms. The molecule has 5 rings (SSSR count). The first-order chi connectivity index (χ1) is 17.1. The molecule has 1 aliphatic rings. The van der Waals surface area contributed by atoms with Gasteiger partial charge in [0.1, 0.15) is 11.4 Å². The molecule has 6 nitrogen and oxygen atoms in total. The number of pyridine rings is 1. The summed E-state index contributed by atoms with van der Waals surface area (Å²) < 4.78 is 5.61. The lowest BCUT2D eigenvalue weighted by Gasteiger charge is -2.35. The molecule has 0 bridgehead atoms. The van der Waals surface area contributed by atoms with E-state index in [2.05, 4.69) is 70.2 Å². The van der Waals surface area contributed by atoms with Crippen LogP contribution in [0.3, 0.4) is 0 Å². The molecule has 3 heterocycles. The molecule has 182 valence electrons. The molecular formula is C29H35N5O. The fourth-order valence-electron chi connectivity index (χ4n) is 4.87. The second-order valence-corrected chi connectivity index (χ2v) is 9.64. The van der Waals surface area contributed by atoms with Gasteiger partial charge in [-0.3, -0.25) is 9.80 Å². The number of methoxy groups -OCH3 is 1. The molecule has 0 aliphatic carbocycles. The average Bonchev–Trinajstić information content (AvgIpc) is 3.31. The lowest BCUT2D eigenvalue weighted by atomic mass is 10.0. The van der Waals surface area contributed by atoms with Gasteiger partial charge >= 0.3 is 0 Å². The number of H-pyrrole nitrogens is 1. The summed E-state index contributed by atoms with van der Waals surface area (Å²) in [5, 5.41) is 1.10. The number of nitrogens with zero attached hydrogens (tertiary/aromatic N) is 4. The Kier molecular flexibility index (Phi) is 7.13. The van der Waals surface area contributed by atoms with E-state index in [0.717, 1.165) is 79.3 Å². The predicted molar refractivity (Wildman–Crippen MR) is 144 cm³/mol. The van der Waals surface area contributed by atoms with Crippen LogP contribution in [-0.4, -0.2) is 85.1 Å². The van der Waals surface area contributed by atoms with Crippen molar-refractivity contribution in [1.29, 1.82) is 0 Å². The second kappa shape index (κ2) is 10.6. The summed E-state index contributed by atoms with van der Waals surface area (Å²) in [7, 11) is 6.00. The number of para-hydroxylation sites is 1. The van der Waals surface area contributed by atoms with Gasteiger partial charge in [-0.15, -0.1) is 0 Å². The van der Waals surface area contributed by atoms with Crippen LogP contribution < -0.4 is 4.74 Å². The zero-order valence-electron chi connectivity index (χ0n) is 21.0. The first kappa shape index (κ1) is 23.5. The van der Waals surface area contributed by atoms with Crippen molar-refractivity contribution in [1.82, 2.24) is 24.7 Å². The molecule has 2 aromatic carbocycles. The maximum Gasteiger partial charge on any atom is 0.137 e. The summed E-state index contributed by atoms with van der Waals surface area (Å²) in [6.07, 6.45) is 3.99. The standard InChI is InChI=1S/C29H35N5O/c1-32(2)11-12-33-13-15-34(16-14-33)21-22-7-6-8-23(17-22)24-18-26-27(20-31-29(26)30-19-24)25-9-4-5-10-28(25)35-3/h4-10,17-20H,11-16,21H2,1-3H3,(H,30,31). The number of hydrogen-bond donors (Lipinski definition) is 1. The van der Waals surface area contributed by atoms with Crippen LogP contribution in [-0.2, 0) is 6.54 Å². The van der Waals surface area contributed by atoms with Crippen LogP contribution in [0.2, 0.25) is 0 Å². The maximum atomic E-state index is 5.61. The number of likely N-dealkylation sites (N-methyl/N-ethyl adjacent to an activating group) is 1. The summed E-state index contributed by atoms with van der Waals surface area (Å²) in [6.45, 7) is 7.80. The Morgan fingerprint density at radius 1 is 0.914 bits per heavy atom. The van der Waals surface area contributed by atoms with E-state index in [1.165, 1.54) is 11.1 Å². The highest BCUT2D eigenvalue weighted by Gasteiger charge is 2.17. The first-order valence-electron chi connectivity index (χ1n) is 12.4. The van der Waals surface area contributed by atoms with Gasteiger partial charge in [0.05, 0.1) is 7.11 Å². The van der Waals surface area contributed by atoms with Gasteiger partial charge in [0, 0.05) is 80.3 Å². The van der Waals surface area contributed by atoms with Crippen LogP contribution in [0.4, 0.5) is 0 Å². The predicted octanol–water partition coefficient (Wildman–Crippen LogP) is 4.58. The third kappa shape index (κ3) is 5.40. The van der Waals surface area contributed by atoms with E-state index >= 15 is 0 Å². The number of fused-ring (bicyclic) bond motifs is 1. The zero-order chi connectivity index (χ0) is 24.2. The van der Waals surface area contributed by atoms with Gasteiger partial charge in [0.15, 0.2) is 0 Å². The van der Waals surface area contributed by atoms with Crippen molar-refractivity contribution in [3.05, 3.63) is 72.6 Å². The Morgan fingerprint density at radius 2 is 1.71 bits per heavy atom. The van der Waals surface area contributed by atoms with Crippen molar-refractivity contribution < 1.29 is 4.74 Å². The highest BCUT2D eigenvalue weighted by Crippen LogP contribution is 2.36. The minimum atomic E-state index is 0.864. The third-order valence-corrected chi connectivity index (χ3v) is 6.92. The number of benzene rings is 2. The van der Waals surface area contributed by atoms with Gasteiger partial charge in [0.2, 0.25) is 0 Å². The van der Waals surface area contributed by atoms with Crippen LogP contribution in [0.15, 0.2) is 67.0 Å². The van der Waals surface area contributed by atoms with Crippen LogP contribution in [0, 0.1) is 0 Å². The van der Waals surface area contributed by atoms with Crippen molar-refractivity contribution >= 4 is 11.0 Å². The van der Waals surface area contributed by atoms with Gasteiger partial charge in [-0.1, -0.05) is 36.4 Å². The fourth-order valence-corrected chi connectivity index (χ4v) is 4.87. The summed E-state index contributed by atoms with van der Waals surface area (Å²) in [5.41, 5.74) is 6.74. The average molecular weight is 470 g/mol. The van der Waals surface area contributed by atoms with Crippen molar-refractivity contribution in [2.45, 2.75) is 6.54 Å². The number of piperazine rings is 1. The Hall–Kier alpha value is -3.19. The fraction of sp³-hybridized carbons (Fsp3) is 0.345. The molecule has 0 saturated carbocycles. The number of aromatic amines is 1. The molecule has 1 fully saturated rings. The number of aromatic nitrogens is 2. The van der Waals surface area contributed by atoms with E-state index in [0.29, 0.717) is 0 Å². The molecule has 4 aromatic rings.